The molecule has 0 aliphatic heterocycles. The molecule has 0 heterocycles. The van der Waals surface area contributed by atoms with Crippen molar-refractivity contribution < 1.29 is 0 Å². The van der Waals surface area contributed by atoms with Gasteiger partial charge in [0.25, 0.3) is 0 Å². The lowest BCUT2D eigenvalue weighted by Gasteiger charge is -1.94. The zero-order valence-electron chi connectivity index (χ0n) is 5.29. The summed E-state index contributed by atoms with van der Waals surface area (Å²) in [5, 5.41) is 2.95. The molecule has 2 heteroatoms. The van der Waals surface area contributed by atoms with Crippen LogP contribution in [0, 0.1) is 16.7 Å². The Balaban J connectivity index is 2.27. The van der Waals surface area contributed by atoms with Crippen LogP contribution in [0.3, 0.4) is 0 Å². The highest BCUT2D eigenvalue weighted by atomic mass is 16.3. The van der Waals surface area contributed by atoms with Gasteiger partial charge in [-0.05, 0) is 25.2 Å². The average Bonchev–Trinajstić information content (AvgIpc) is 2.45. The van der Waals surface area contributed by atoms with Crippen molar-refractivity contribution in [2.45, 2.75) is 26.3 Å². The smallest absolute Gasteiger partial charge is 0.0922 e. The predicted octanol–water partition coefficient (Wildman–Crippen LogP) is 1.80. The van der Waals surface area contributed by atoms with Crippen LogP contribution in [0.2, 0.25) is 0 Å². The van der Waals surface area contributed by atoms with Crippen LogP contribution in [0.5, 0.6) is 0 Å². The predicted molar refractivity (Wildman–Crippen MR) is 32.5 cm³/mol. The van der Waals surface area contributed by atoms with Crippen molar-refractivity contribution in [1.82, 2.24) is 0 Å². The summed E-state index contributed by atoms with van der Waals surface area (Å²) in [4.78, 5) is 9.88. The average molecular weight is 113 g/mol. The van der Waals surface area contributed by atoms with Gasteiger partial charge >= 0.3 is 0 Å². The van der Waals surface area contributed by atoms with Gasteiger partial charge in [-0.1, -0.05) is 12.1 Å². The molecule has 0 aromatic heterocycles. The molecule has 0 bridgehead atoms. The van der Waals surface area contributed by atoms with E-state index in [2.05, 4.69) is 12.1 Å². The molecule has 1 saturated carbocycles. The summed E-state index contributed by atoms with van der Waals surface area (Å²) < 4.78 is 0. The first kappa shape index (κ1) is 5.73. The summed E-state index contributed by atoms with van der Waals surface area (Å²) in [6.07, 6.45) is 1.20. The Bertz CT molecular complexity index is 103. The third kappa shape index (κ3) is 0.881. The van der Waals surface area contributed by atoms with Gasteiger partial charge in [0.15, 0.2) is 0 Å². The molecule has 0 N–H and O–H groups in total. The molecule has 1 aliphatic carbocycles. The molecule has 1 unspecified atom stereocenters. The number of nitroso groups, excluding NO2 is 1. The van der Waals surface area contributed by atoms with Gasteiger partial charge in [0.2, 0.25) is 0 Å². The highest BCUT2D eigenvalue weighted by molar-refractivity contribution is 4.89. The van der Waals surface area contributed by atoms with Crippen LogP contribution in [-0.4, -0.2) is 6.04 Å². The van der Waals surface area contributed by atoms with E-state index in [4.69, 9.17) is 0 Å². The van der Waals surface area contributed by atoms with Crippen LogP contribution in [0.1, 0.15) is 20.3 Å². The van der Waals surface area contributed by atoms with Crippen LogP contribution >= 0.6 is 0 Å². The van der Waals surface area contributed by atoms with Gasteiger partial charge in [-0.25, -0.2) is 0 Å². The van der Waals surface area contributed by atoms with Crippen LogP contribution < -0.4 is 0 Å². The van der Waals surface area contributed by atoms with E-state index >= 15 is 0 Å². The molecule has 3 atom stereocenters. The van der Waals surface area contributed by atoms with Crippen molar-refractivity contribution in [2.75, 3.05) is 0 Å². The zero-order chi connectivity index (χ0) is 6.15. The van der Waals surface area contributed by atoms with E-state index in [1.807, 2.05) is 6.92 Å². The van der Waals surface area contributed by atoms with Crippen molar-refractivity contribution in [3.63, 3.8) is 0 Å². The van der Waals surface area contributed by atoms with Gasteiger partial charge in [0, 0.05) is 0 Å². The lowest BCUT2D eigenvalue weighted by atomic mass is 10.2. The fraction of sp³-hybridized carbons (Fsp3) is 1.00. The van der Waals surface area contributed by atoms with Crippen molar-refractivity contribution >= 4 is 0 Å². The monoisotopic (exact) mass is 113 g/mol. The molecule has 0 radical (unpaired) electrons. The fourth-order valence-corrected chi connectivity index (χ4v) is 1.10. The van der Waals surface area contributed by atoms with Gasteiger partial charge in [-0.3, -0.25) is 0 Å². The highest BCUT2D eigenvalue weighted by Crippen LogP contribution is 2.41. The number of nitrogens with zero attached hydrogens (tertiary/aromatic N) is 1. The molecular formula is C6H11NO. The molecule has 46 valence electrons. The fourth-order valence-electron chi connectivity index (χ4n) is 1.10. The maximum Gasteiger partial charge on any atom is 0.0922 e. The molecule has 0 aromatic carbocycles. The van der Waals surface area contributed by atoms with Crippen molar-refractivity contribution in [2.24, 2.45) is 17.0 Å². The molecule has 1 aliphatic rings. The van der Waals surface area contributed by atoms with E-state index in [-0.39, 0.29) is 6.04 Å². The zero-order valence-corrected chi connectivity index (χ0v) is 5.29. The van der Waals surface area contributed by atoms with Crippen LogP contribution in [0.4, 0.5) is 0 Å². The molecule has 0 amide bonds. The molecule has 0 spiro atoms. The summed E-state index contributed by atoms with van der Waals surface area (Å²) in [7, 11) is 0. The van der Waals surface area contributed by atoms with E-state index in [1.165, 1.54) is 6.42 Å². The highest BCUT2D eigenvalue weighted by Gasteiger charge is 2.37. The number of hydrogen-bond donors (Lipinski definition) is 0. The maximum atomic E-state index is 9.88. The molecular weight excluding hydrogens is 102 g/mol. The third-order valence-corrected chi connectivity index (χ3v) is 1.96. The molecule has 0 saturated heterocycles. The molecule has 2 nitrogen and oxygen atoms in total. The Morgan fingerprint density at radius 3 is 2.38 bits per heavy atom. The lowest BCUT2D eigenvalue weighted by molar-refractivity contribution is 0.607. The third-order valence-electron chi connectivity index (χ3n) is 1.96. The number of hydrogen-bond acceptors (Lipinski definition) is 2. The minimum atomic E-state index is 0.0602. The first-order valence-electron chi connectivity index (χ1n) is 3.08. The Hall–Kier alpha value is -0.400. The number of rotatable bonds is 2. The van der Waals surface area contributed by atoms with Crippen molar-refractivity contribution in [3.05, 3.63) is 4.91 Å². The summed E-state index contributed by atoms with van der Waals surface area (Å²) in [6.45, 7) is 4.05. The standard InChI is InChI=1S/C6H11NO/c1-4-3-6(4)5(2)7-8/h4-6H,3H2,1-2H3/t4-,5?,6+/m0/s1. The minimum Gasteiger partial charge on any atom is -0.151 e. The second kappa shape index (κ2) is 1.84. The molecule has 8 heavy (non-hydrogen) atoms. The second-order valence-corrected chi connectivity index (χ2v) is 2.72. The molecule has 1 rings (SSSR count). The van der Waals surface area contributed by atoms with E-state index in [1.54, 1.807) is 0 Å². The van der Waals surface area contributed by atoms with Crippen LogP contribution in [0.15, 0.2) is 5.18 Å². The Morgan fingerprint density at radius 2 is 2.25 bits per heavy atom. The first-order valence-corrected chi connectivity index (χ1v) is 3.08. The lowest BCUT2D eigenvalue weighted by Crippen LogP contribution is -1.99. The summed E-state index contributed by atoms with van der Waals surface area (Å²) in [6, 6.07) is 0.0602. The van der Waals surface area contributed by atoms with Gasteiger partial charge in [-0.15, -0.1) is 0 Å². The van der Waals surface area contributed by atoms with E-state index < -0.39 is 0 Å². The van der Waals surface area contributed by atoms with E-state index in [9.17, 15) is 4.91 Å². The first-order chi connectivity index (χ1) is 3.75. The summed E-state index contributed by atoms with van der Waals surface area (Å²) >= 11 is 0. The Kier molecular flexibility index (Phi) is 1.32. The Morgan fingerprint density at radius 1 is 1.75 bits per heavy atom. The maximum absolute atomic E-state index is 9.88. The van der Waals surface area contributed by atoms with Crippen LogP contribution in [0.25, 0.3) is 0 Å². The second-order valence-electron chi connectivity index (χ2n) is 2.72. The van der Waals surface area contributed by atoms with E-state index in [0.717, 1.165) is 5.92 Å². The molecule has 1 fully saturated rings. The van der Waals surface area contributed by atoms with Gasteiger partial charge in [0.1, 0.15) is 0 Å². The quantitative estimate of drug-likeness (QED) is 0.502. The van der Waals surface area contributed by atoms with Crippen molar-refractivity contribution in [3.8, 4) is 0 Å². The molecule has 0 aromatic rings. The largest absolute Gasteiger partial charge is 0.151 e. The topological polar surface area (TPSA) is 29.4 Å². The normalized spacial score (nSPS) is 38.8. The summed E-state index contributed by atoms with van der Waals surface area (Å²) in [5.74, 6) is 1.36. The van der Waals surface area contributed by atoms with Crippen LogP contribution in [-0.2, 0) is 0 Å². The van der Waals surface area contributed by atoms with Gasteiger partial charge in [0.05, 0.1) is 6.04 Å². The Labute approximate surface area is 49.3 Å². The van der Waals surface area contributed by atoms with Gasteiger partial charge in [-0.2, -0.15) is 4.91 Å². The van der Waals surface area contributed by atoms with Gasteiger partial charge < -0.3 is 0 Å². The van der Waals surface area contributed by atoms with Crippen molar-refractivity contribution in [1.29, 1.82) is 0 Å². The van der Waals surface area contributed by atoms with E-state index in [0.29, 0.717) is 5.92 Å². The minimum absolute atomic E-state index is 0.0602. The SMILES string of the molecule is CC(N=O)[C@@H]1C[C@@H]1C. The summed E-state index contributed by atoms with van der Waals surface area (Å²) in [5.41, 5.74) is 0.